The molecule has 2 atom stereocenters. The van der Waals surface area contributed by atoms with E-state index in [1.165, 1.54) is 6.07 Å². The zero-order chi connectivity index (χ0) is 14.3. The second-order valence-corrected chi connectivity index (χ2v) is 6.32. The molecule has 0 bridgehead atoms. The lowest BCUT2D eigenvalue weighted by Gasteiger charge is -2.14. The van der Waals surface area contributed by atoms with Crippen LogP contribution in [0.4, 0.5) is 4.39 Å². The van der Waals surface area contributed by atoms with Crippen molar-refractivity contribution in [3.05, 3.63) is 63.9 Å². The number of fused-ring (bicyclic) bond motifs is 1. The standard InChI is InChI=1S/C16H13BrClFO/c1-9-7-11-8-10(5-6-14(11)20-9)16(17)15-12(18)3-2-4-13(15)19/h2-6,8-9,16H,7H2,1H3. The Labute approximate surface area is 130 Å². The Kier molecular flexibility index (Phi) is 3.74. The highest BCUT2D eigenvalue weighted by molar-refractivity contribution is 9.09. The lowest BCUT2D eigenvalue weighted by Crippen LogP contribution is -2.05. The molecule has 0 saturated carbocycles. The minimum atomic E-state index is -0.301. The number of halogens is 3. The molecule has 0 saturated heterocycles. The minimum absolute atomic E-state index is 0.200. The van der Waals surface area contributed by atoms with Crippen LogP contribution in [0.5, 0.6) is 5.75 Å². The Morgan fingerprint density at radius 1 is 1.35 bits per heavy atom. The van der Waals surface area contributed by atoms with E-state index >= 15 is 0 Å². The van der Waals surface area contributed by atoms with Gasteiger partial charge in [0.05, 0.1) is 4.83 Å². The van der Waals surface area contributed by atoms with E-state index in [0.29, 0.717) is 10.6 Å². The summed E-state index contributed by atoms with van der Waals surface area (Å²) in [5, 5.41) is 0.428. The van der Waals surface area contributed by atoms with Crippen LogP contribution < -0.4 is 4.74 Å². The molecule has 0 amide bonds. The van der Waals surface area contributed by atoms with Crippen LogP contribution in [0.1, 0.15) is 28.4 Å². The molecule has 0 aliphatic carbocycles. The summed E-state index contributed by atoms with van der Waals surface area (Å²) >= 11 is 9.67. The number of ether oxygens (including phenoxy) is 1. The Bertz CT molecular complexity index is 639. The highest BCUT2D eigenvalue weighted by Crippen LogP contribution is 2.39. The highest BCUT2D eigenvalue weighted by atomic mass is 79.9. The van der Waals surface area contributed by atoms with Gasteiger partial charge in [0.15, 0.2) is 0 Å². The fraction of sp³-hybridized carbons (Fsp3) is 0.250. The monoisotopic (exact) mass is 354 g/mol. The second-order valence-electron chi connectivity index (χ2n) is 5.00. The number of alkyl halides is 1. The van der Waals surface area contributed by atoms with Gasteiger partial charge in [0.1, 0.15) is 17.7 Å². The molecular formula is C16H13BrClFO. The average Bonchev–Trinajstić information content (AvgIpc) is 2.77. The zero-order valence-corrected chi connectivity index (χ0v) is 13.2. The van der Waals surface area contributed by atoms with Gasteiger partial charge in [-0.3, -0.25) is 0 Å². The van der Waals surface area contributed by atoms with Crippen LogP contribution in [0.15, 0.2) is 36.4 Å². The Balaban J connectivity index is 2.00. The Morgan fingerprint density at radius 3 is 2.90 bits per heavy atom. The fourth-order valence-corrected chi connectivity index (χ4v) is 3.67. The second kappa shape index (κ2) is 5.38. The van der Waals surface area contributed by atoms with Crippen LogP contribution in [0.25, 0.3) is 0 Å². The van der Waals surface area contributed by atoms with Gasteiger partial charge in [0, 0.05) is 17.0 Å². The summed E-state index contributed by atoms with van der Waals surface area (Å²) in [6.45, 7) is 2.04. The van der Waals surface area contributed by atoms with Crippen molar-refractivity contribution in [1.29, 1.82) is 0 Å². The van der Waals surface area contributed by atoms with E-state index in [4.69, 9.17) is 16.3 Å². The van der Waals surface area contributed by atoms with Crippen LogP contribution >= 0.6 is 27.5 Å². The summed E-state index contributed by atoms with van der Waals surface area (Å²) in [5.74, 6) is 0.616. The normalized spacial score (nSPS) is 18.5. The predicted molar refractivity (Wildman–Crippen MR) is 82.4 cm³/mol. The topological polar surface area (TPSA) is 9.23 Å². The van der Waals surface area contributed by atoms with Crippen molar-refractivity contribution in [2.24, 2.45) is 0 Å². The first-order valence-electron chi connectivity index (χ1n) is 6.43. The first-order valence-corrected chi connectivity index (χ1v) is 7.73. The Hall–Kier alpha value is -1.06. The van der Waals surface area contributed by atoms with Gasteiger partial charge in [0.25, 0.3) is 0 Å². The van der Waals surface area contributed by atoms with Crippen LogP contribution in [0.3, 0.4) is 0 Å². The predicted octanol–water partition coefficient (Wildman–Crippen LogP) is 5.29. The van der Waals surface area contributed by atoms with E-state index in [-0.39, 0.29) is 16.7 Å². The average molecular weight is 356 g/mol. The van der Waals surface area contributed by atoms with Crippen molar-refractivity contribution >= 4 is 27.5 Å². The van der Waals surface area contributed by atoms with Crippen LogP contribution in [0.2, 0.25) is 5.02 Å². The van der Waals surface area contributed by atoms with E-state index in [2.05, 4.69) is 22.0 Å². The van der Waals surface area contributed by atoms with E-state index < -0.39 is 0 Å². The number of hydrogen-bond donors (Lipinski definition) is 0. The van der Waals surface area contributed by atoms with Gasteiger partial charge in [-0.25, -0.2) is 4.39 Å². The van der Waals surface area contributed by atoms with Crippen LogP contribution in [-0.4, -0.2) is 6.10 Å². The molecule has 1 aliphatic heterocycles. The largest absolute Gasteiger partial charge is 0.490 e. The molecule has 104 valence electrons. The molecule has 20 heavy (non-hydrogen) atoms. The molecule has 1 nitrogen and oxygen atoms in total. The third-order valence-electron chi connectivity index (χ3n) is 3.47. The lowest BCUT2D eigenvalue weighted by atomic mass is 10.0. The molecule has 2 aromatic rings. The van der Waals surface area contributed by atoms with E-state index in [0.717, 1.165) is 23.3 Å². The Morgan fingerprint density at radius 2 is 2.15 bits per heavy atom. The van der Waals surface area contributed by atoms with Crippen molar-refractivity contribution in [3.63, 3.8) is 0 Å². The van der Waals surface area contributed by atoms with Crippen molar-refractivity contribution in [2.75, 3.05) is 0 Å². The third kappa shape index (κ3) is 2.45. The maximum atomic E-state index is 14.0. The molecule has 0 radical (unpaired) electrons. The lowest BCUT2D eigenvalue weighted by molar-refractivity contribution is 0.254. The van der Waals surface area contributed by atoms with Crippen LogP contribution in [-0.2, 0) is 6.42 Å². The number of benzene rings is 2. The smallest absolute Gasteiger partial charge is 0.129 e. The van der Waals surface area contributed by atoms with E-state index in [1.807, 2.05) is 19.1 Å². The third-order valence-corrected chi connectivity index (χ3v) is 4.78. The van der Waals surface area contributed by atoms with Gasteiger partial charge >= 0.3 is 0 Å². The molecule has 0 N–H and O–H groups in total. The van der Waals surface area contributed by atoms with Gasteiger partial charge in [-0.1, -0.05) is 45.7 Å². The molecule has 1 heterocycles. The van der Waals surface area contributed by atoms with E-state index in [1.54, 1.807) is 12.1 Å². The van der Waals surface area contributed by atoms with Gasteiger partial charge in [-0.2, -0.15) is 0 Å². The molecular weight excluding hydrogens is 343 g/mol. The van der Waals surface area contributed by atoms with Gasteiger partial charge < -0.3 is 4.74 Å². The quantitative estimate of drug-likeness (QED) is 0.665. The summed E-state index contributed by atoms with van der Waals surface area (Å²) in [4.78, 5) is -0.266. The zero-order valence-electron chi connectivity index (χ0n) is 10.9. The van der Waals surface area contributed by atoms with Crippen LogP contribution in [0, 0.1) is 5.82 Å². The summed E-state index contributed by atoms with van der Waals surface area (Å²) < 4.78 is 19.7. The molecule has 0 spiro atoms. The summed E-state index contributed by atoms with van der Waals surface area (Å²) in [6.07, 6.45) is 1.08. The molecule has 2 unspecified atom stereocenters. The molecule has 0 fully saturated rings. The summed E-state index contributed by atoms with van der Waals surface area (Å²) in [7, 11) is 0. The molecule has 2 aromatic carbocycles. The maximum Gasteiger partial charge on any atom is 0.129 e. The minimum Gasteiger partial charge on any atom is -0.490 e. The van der Waals surface area contributed by atoms with Crippen molar-refractivity contribution < 1.29 is 9.13 Å². The van der Waals surface area contributed by atoms with Crippen molar-refractivity contribution in [1.82, 2.24) is 0 Å². The fourth-order valence-electron chi connectivity index (χ4n) is 2.52. The van der Waals surface area contributed by atoms with Gasteiger partial charge in [0.2, 0.25) is 0 Å². The van der Waals surface area contributed by atoms with Gasteiger partial charge in [-0.15, -0.1) is 0 Å². The van der Waals surface area contributed by atoms with Gasteiger partial charge in [-0.05, 0) is 36.2 Å². The number of rotatable bonds is 2. The van der Waals surface area contributed by atoms with Crippen molar-refractivity contribution in [3.8, 4) is 5.75 Å². The summed E-state index contributed by atoms with van der Waals surface area (Å²) in [6, 6.07) is 10.7. The molecule has 0 aromatic heterocycles. The van der Waals surface area contributed by atoms with Crippen molar-refractivity contribution in [2.45, 2.75) is 24.3 Å². The summed E-state index contributed by atoms with van der Waals surface area (Å²) in [5.41, 5.74) is 2.61. The maximum absolute atomic E-state index is 14.0. The molecule has 1 aliphatic rings. The highest BCUT2D eigenvalue weighted by Gasteiger charge is 2.23. The number of hydrogen-bond acceptors (Lipinski definition) is 1. The first kappa shape index (κ1) is 13.9. The van der Waals surface area contributed by atoms with E-state index in [9.17, 15) is 4.39 Å². The SMILES string of the molecule is CC1Cc2cc(C(Br)c3c(F)cccc3Cl)ccc2O1. The molecule has 4 heteroatoms. The first-order chi connectivity index (χ1) is 9.56. The molecule has 3 rings (SSSR count).